The lowest BCUT2D eigenvalue weighted by molar-refractivity contribution is 0.590. The van der Waals surface area contributed by atoms with Crippen LogP contribution in [0.1, 0.15) is 95.7 Å². The Bertz CT molecular complexity index is 4890. The van der Waals surface area contributed by atoms with Gasteiger partial charge in [0.2, 0.25) is 0 Å². The van der Waals surface area contributed by atoms with Gasteiger partial charge < -0.3 is 23.7 Å². The Kier molecular flexibility index (Phi) is 12.3. The molecule has 2 aliphatic rings. The zero-order chi connectivity index (χ0) is 60.0. The molecule has 2 aromatic heterocycles. The summed E-state index contributed by atoms with van der Waals surface area (Å²) in [5.41, 5.74) is 29.2. The van der Waals surface area contributed by atoms with Crippen molar-refractivity contribution in [3.8, 4) is 16.8 Å². The molecule has 0 amide bonds. The molecule has 0 atom stereocenters. The monoisotopic (exact) mass is 1130 g/mol. The smallest absolute Gasteiger partial charge is 0.252 e. The van der Waals surface area contributed by atoms with Crippen LogP contribution < -0.4 is 31.1 Å². The van der Waals surface area contributed by atoms with Crippen molar-refractivity contribution >= 4 is 118 Å². The van der Waals surface area contributed by atoms with Crippen molar-refractivity contribution in [1.29, 1.82) is 0 Å². The first-order chi connectivity index (χ1) is 41.8. The van der Waals surface area contributed by atoms with E-state index in [1.165, 1.54) is 88.8 Å². The molecule has 0 fully saturated rings. The minimum Gasteiger partial charge on any atom is -0.455 e. The molecule has 0 aliphatic carbocycles. The molecular weight excluding hydrogens is 1060 g/mol. The van der Waals surface area contributed by atoms with E-state index in [4.69, 9.17) is 4.42 Å². The molecule has 11 aromatic carbocycles. The largest absolute Gasteiger partial charge is 0.455 e. The number of para-hydroxylation sites is 4. The number of rotatable bonds is 7. The van der Waals surface area contributed by atoms with Gasteiger partial charge in [-0.1, -0.05) is 184 Å². The number of nitrogens with zero attached hydrogens (tertiary/aromatic N) is 4. The van der Waals surface area contributed by atoms with E-state index < -0.39 is 0 Å². The first-order valence-corrected chi connectivity index (χ1v) is 30.9. The zero-order valence-corrected chi connectivity index (χ0v) is 52.1. The van der Waals surface area contributed by atoms with Gasteiger partial charge in [-0.3, -0.25) is 0 Å². The standard InChI is InChI=1S/C81H73BN4O/c1-50-43-73-76-74(44-50)86(77-51(2)45-53(46-52(77)3)62-25-20-26-66-65-24-17-19-28-75(65)87-78(62)66)71-47-56(81(10,11)12)33-41-67(71)82(76)68-42-39-61(49-72(68)85(73)59-36-31-55(32-37-59)80(7,8)9)83(58-34-29-54(30-35-58)79(4,5)6)60-38-40-64-63-23-16-18-27-69(63)84(70(64)48-60)57-21-14-13-15-22-57/h13-49H,1-12H3. The van der Waals surface area contributed by atoms with Crippen molar-refractivity contribution < 1.29 is 4.42 Å². The second-order valence-corrected chi connectivity index (χ2v) is 27.6. The molecule has 15 rings (SSSR count). The van der Waals surface area contributed by atoms with Crippen molar-refractivity contribution in [2.45, 2.75) is 99.3 Å². The minimum absolute atomic E-state index is 0.0100. The van der Waals surface area contributed by atoms with Crippen LogP contribution in [0.15, 0.2) is 229 Å². The van der Waals surface area contributed by atoms with Gasteiger partial charge >= 0.3 is 0 Å². The van der Waals surface area contributed by atoms with Crippen molar-refractivity contribution in [2.24, 2.45) is 0 Å². The third-order valence-corrected chi connectivity index (χ3v) is 18.7. The molecule has 0 saturated heterocycles. The van der Waals surface area contributed by atoms with Crippen LogP contribution in [0, 0.1) is 20.8 Å². The van der Waals surface area contributed by atoms with E-state index in [1.54, 1.807) is 0 Å². The van der Waals surface area contributed by atoms with Crippen LogP contribution in [-0.2, 0) is 16.2 Å². The third kappa shape index (κ3) is 8.81. The van der Waals surface area contributed by atoms with Crippen molar-refractivity contribution in [3.05, 3.63) is 258 Å². The highest BCUT2D eigenvalue weighted by Gasteiger charge is 2.45. The fourth-order valence-corrected chi connectivity index (χ4v) is 14.3. The van der Waals surface area contributed by atoms with Crippen LogP contribution in [-0.4, -0.2) is 11.3 Å². The fourth-order valence-electron chi connectivity index (χ4n) is 14.3. The van der Waals surface area contributed by atoms with Gasteiger partial charge in [0.25, 0.3) is 6.71 Å². The summed E-state index contributed by atoms with van der Waals surface area (Å²) in [7, 11) is 0. The summed E-state index contributed by atoms with van der Waals surface area (Å²) in [6.07, 6.45) is 0. The average Bonchev–Trinajstić information content (AvgIpc) is 1.43. The molecule has 0 spiro atoms. The highest BCUT2D eigenvalue weighted by molar-refractivity contribution is 7.00. The van der Waals surface area contributed by atoms with E-state index in [2.05, 4.69) is 327 Å². The molecule has 0 radical (unpaired) electrons. The molecule has 0 unspecified atom stereocenters. The summed E-state index contributed by atoms with van der Waals surface area (Å²) in [4.78, 5) is 7.68. The predicted octanol–water partition coefficient (Wildman–Crippen LogP) is 20.7. The van der Waals surface area contributed by atoms with Crippen LogP contribution in [0.2, 0.25) is 0 Å². The van der Waals surface area contributed by atoms with Gasteiger partial charge in [-0.05, 0) is 195 Å². The van der Waals surface area contributed by atoms with Crippen LogP contribution in [0.5, 0.6) is 0 Å². The summed E-state index contributed by atoms with van der Waals surface area (Å²) < 4.78 is 9.09. The van der Waals surface area contributed by atoms with Gasteiger partial charge in [-0.15, -0.1) is 0 Å². The summed E-state index contributed by atoms with van der Waals surface area (Å²) in [6, 6.07) is 84.6. The maximum absolute atomic E-state index is 6.66. The number of hydrogen-bond donors (Lipinski definition) is 0. The highest BCUT2D eigenvalue weighted by Crippen LogP contribution is 2.50. The SMILES string of the molecule is Cc1cc2c3c(c1)N(c1c(C)cc(-c4cccc5c4oc4ccccc45)cc1C)c1cc(C(C)(C)C)ccc1B3c1ccc(N(c3ccc(C(C)(C)C)cc3)c3ccc4c5ccccc5n(-c5ccccc5)c4c3)cc1N2c1ccc(C(C)(C)C)cc1. The van der Waals surface area contributed by atoms with Crippen LogP contribution in [0.3, 0.4) is 0 Å². The lowest BCUT2D eigenvalue weighted by Crippen LogP contribution is -2.61. The summed E-state index contributed by atoms with van der Waals surface area (Å²) in [5, 5.41) is 4.73. The molecule has 5 nitrogen and oxygen atoms in total. The summed E-state index contributed by atoms with van der Waals surface area (Å²) in [6.45, 7) is 27.6. The Labute approximate surface area is 512 Å². The fraction of sp³-hybridized carbons (Fsp3) is 0.185. The van der Waals surface area contributed by atoms with Crippen LogP contribution in [0.25, 0.3) is 60.6 Å². The van der Waals surface area contributed by atoms with Crippen LogP contribution in [0.4, 0.5) is 51.2 Å². The van der Waals surface area contributed by atoms with Crippen LogP contribution >= 0.6 is 0 Å². The molecule has 426 valence electrons. The first-order valence-electron chi connectivity index (χ1n) is 30.9. The normalized spacial score (nSPS) is 13.2. The van der Waals surface area contributed by atoms with Crippen molar-refractivity contribution in [3.63, 3.8) is 0 Å². The minimum atomic E-state index is -0.0969. The average molecular weight is 1130 g/mol. The number of benzene rings is 11. The molecule has 0 N–H and O–H groups in total. The van der Waals surface area contributed by atoms with E-state index in [1.807, 2.05) is 0 Å². The molecule has 0 saturated carbocycles. The van der Waals surface area contributed by atoms with Crippen molar-refractivity contribution in [1.82, 2.24) is 4.57 Å². The third-order valence-electron chi connectivity index (χ3n) is 18.7. The molecule has 6 heteroatoms. The maximum Gasteiger partial charge on any atom is 0.252 e. The Morgan fingerprint density at radius 3 is 1.62 bits per heavy atom. The zero-order valence-electron chi connectivity index (χ0n) is 52.1. The summed E-state index contributed by atoms with van der Waals surface area (Å²) >= 11 is 0. The Morgan fingerprint density at radius 1 is 0.391 bits per heavy atom. The Morgan fingerprint density at radius 2 is 0.931 bits per heavy atom. The number of aryl methyl sites for hydroxylation is 3. The second-order valence-electron chi connectivity index (χ2n) is 27.6. The Balaban J connectivity index is 0.967. The number of anilines is 9. The number of hydrogen-bond acceptors (Lipinski definition) is 4. The lowest BCUT2D eigenvalue weighted by atomic mass is 9.33. The molecule has 13 aromatic rings. The topological polar surface area (TPSA) is 27.8 Å². The summed E-state index contributed by atoms with van der Waals surface area (Å²) in [5.74, 6) is 0. The molecule has 4 heterocycles. The van der Waals surface area contributed by atoms with Gasteiger partial charge in [-0.25, -0.2) is 0 Å². The van der Waals surface area contributed by atoms with E-state index >= 15 is 0 Å². The van der Waals surface area contributed by atoms with E-state index in [0.717, 1.165) is 72.7 Å². The quantitative estimate of drug-likeness (QED) is 0.149. The van der Waals surface area contributed by atoms with Gasteiger partial charge in [0.1, 0.15) is 11.2 Å². The second kappa shape index (κ2) is 19.8. The van der Waals surface area contributed by atoms with Gasteiger partial charge in [0.05, 0.1) is 16.7 Å². The molecule has 0 bridgehead atoms. The van der Waals surface area contributed by atoms with E-state index in [9.17, 15) is 0 Å². The molecule has 87 heavy (non-hydrogen) atoms. The maximum atomic E-state index is 6.66. The Hall–Kier alpha value is -9.52. The number of furan rings is 1. The molecule has 2 aliphatic heterocycles. The number of aromatic nitrogens is 1. The van der Waals surface area contributed by atoms with Gasteiger partial charge in [0.15, 0.2) is 0 Å². The lowest BCUT2D eigenvalue weighted by Gasteiger charge is -2.45. The molecular formula is C81H73BN4O. The van der Waals surface area contributed by atoms with E-state index in [0.29, 0.717) is 0 Å². The van der Waals surface area contributed by atoms with Gasteiger partial charge in [0, 0.05) is 78.3 Å². The highest BCUT2D eigenvalue weighted by atomic mass is 16.3. The number of fused-ring (bicyclic) bond motifs is 10. The van der Waals surface area contributed by atoms with Gasteiger partial charge in [-0.2, -0.15) is 0 Å². The van der Waals surface area contributed by atoms with Crippen molar-refractivity contribution in [2.75, 3.05) is 14.7 Å². The predicted molar refractivity (Wildman–Crippen MR) is 373 cm³/mol. The first kappa shape index (κ1) is 54.2. The van der Waals surface area contributed by atoms with E-state index in [-0.39, 0.29) is 23.0 Å².